The van der Waals surface area contributed by atoms with Crippen molar-refractivity contribution in [1.82, 2.24) is 15.2 Å². The summed E-state index contributed by atoms with van der Waals surface area (Å²) in [5.41, 5.74) is 3.47. The Hall–Kier alpha value is -1.96. The first-order valence-corrected chi connectivity index (χ1v) is 10.9. The second-order valence-electron chi connectivity index (χ2n) is 7.18. The molecule has 3 heterocycles. The second kappa shape index (κ2) is 10.7. The van der Waals surface area contributed by atoms with E-state index in [-0.39, 0.29) is 5.91 Å². The number of hydrogen-bond donors (Lipinski definition) is 2. The molecule has 4 rings (SSSR count). The number of rotatable bonds is 3. The first-order chi connectivity index (χ1) is 14.1. The van der Waals surface area contributed by atoms with Crippen LogP contribution in [-0.4, -0.2) is 53.2 Å². The largest absolute Gasteiger partial charge is 0.491 e. The number of carbonyl (C=O) groups excluding carboxylic acids is 1. The zero-order valence-corrected chi connectivity index (χ0v) is 18.3. The highest BCUT2D eigenvalue weighted by molar-refractivity contribution is 9.10. The molecule has 1 saturated heterocycles. The van der Waals surface area contributed by atoms with Gasteiger partial charge in [0.05, 0.1) is 24.5 Å². The van der Waals surface area contributed by atoms with Gasteiger partial charge in [0, 0.05) is 19.6 Å². The Bertz CT molecular complexity index is 806. The van der Waals surface area contributed by atoms with Gasteiger partial charge in [0.15, 0.2) is 0 Å². The van der Waals surface area contributed by atoms with Gasteiger partial charge in [-0.25, -0.2) is 4.98 Å². The molecule has 2 aliphatic heterocycles. The zero-order valence-electron chi connectivity index (χ0n) is 16.7. The standard InChI is InChI=1S/C13H17BrN2O3.C9H11N/c1-2-19-11-7-15-12(14)6-10(11)13(18)16-5-3-4-9(17)8-16;1-2-4-9-7-10-6-5-8(9)3-1/h6-7,9,17H,2-5,8H2,1H3;1-4,10H,5-7H2. The number of aliphatic hydroxyl groups excluding tert-OH is 1. The lowest BCUT2D eigenvalue weighted by molar-refractivity contribution is 0.0470. The number of β-amino-alcohol motifs (C(OH)–C–C–N with tert-alkyl or cyclic N) is 1. The maximum Gasteiger partial charge on any atom is 0.257 e. The number of nitrogens with one attached hydrogen (secondary N) is 1. The molecule has 1 aromatic heterocycles. The third-order valence-corrected chi connectivity index (χ3v) is 5.49. The number of carbonyl (C=O) groups is 1. The minimum atomic E-state index is -0.432. The molecule has 156 valence electrons. The third kappa shape index (κ3) is 6.01. The van der Waals surface area contributed by atoms with Crippen LogP contribution in [0.2, 0.25) is 0 Å². The molecule has 1 aromatic carbocycles. The molecule has 2 aromatic rings. The van der Waals surface area contributed by atoms with E-state index in [9.17, 15) is 9.90 Å². The van der Waals surface area contributed by atoms with E-state index in [4.69, 9.17) is 4.74 Å². The number of ether oxygens (including phenoxy) is 1. The highest BCUT2D eigenvalue weighted by atomic mass is 79.9. The van der Waals surface area contributed by atoms with Crippen LogP contribution in [0.3, 0.4) is 0 Å². The molecule has 1 amide bonds. The number of likely N-dealkylation sites (tertiary alicyclic amines) is 1. The van der Waals surface area contributed by atoms with Gasteiger partial charge in [-0.1, -0.05) is 24.3 Å². The second-order valence-corrected chi connectivity index (χ2v) is 7.99. The van der Waals surface area contributed by atoms with Gasteiger partial charge < -0.3 is 20.1 Å². The first-order valence-electron chi connectivity index (χ1n) is 10.1. The van der Waals surface area contributed by atoms with E-state index >= 15 is 0 Å². The number of nitrogens with zero attached hydrogens (tertiary/aromatic N) is 2. The zero-order chi connectivity index (χ0) is 20.6. The normalized spacial score (nSPS) is 18.3. The predicted octanol–water partition coefficient (Wildman–Crippen LogP) is 3.17. The SMILES string of the molecule is CCOc1cnc(Br)cc1C(=O)N1CCCC(O)C1.c1ccc2c(c1)CCNC2. The number of halogens is 1. The van der Waals surface area contributed by atoms with Crippen molar-refractivity contribution in [1.29, 1.82) is 0 Å². The molecular weight excluding hydrogens is 434 g/mol. The molecule has 1 atom stereocenters. The molecule has 7 heteroatoms. The molecule has 6 nitrogen and oxygen atoms in total. The van der Waals surface area contributed by atoms with Gasteiger partial charge in [0.2, 0.25) is 0 Å². The number of amides is 1. The monoisotopic (exact) mass is 461 g/mol. The summed E-state index contributed by atoms with van der Waals surface area (Å²) in [7, 11) is 0. The molecule has 0 aliphatic carbocycles. The molecule has 1 unspecified atom stereocenters. The summed E-state index contributed by atoms with van der Waals surface area (Å²) in [6, 6.07) is 10.3. The Labute approximate surface area is 180 Å². The fourth-order valence-corrected chi connectivity index (χ4v) is 3.92. The fourth-order valence-electron chi connectivity index (χ4n) is 3.58. The van der Waals surface area contributed by atoms with Crippen LogP contribution in [0.15, 0.2) is 41.1 Å². The Morgan fingerprint density at radius 2 is 2.17 bits per heavy atom. The quantitative estimate of drug-likeness (QED) is 0.686. The van der Waals surface area contributed by atoms with Crippen LogP contribution >= 0.6 is 15.9 Å². The number of benzene rings is 1. The van der Waals surface area contributed by atoms with Gasteiger partial charge in [-0.2, -0.15) is 0 Å². The van der Waals surface area contributed by atoms with E-state index in [1.54, 1.807) is 17.2 Å². The van der Waals surface area contributed by atoms with Gasteiger partial charge in [-0.15, -0.1) is 0 Å². The lowest BCUT2D eigenvalue weighted by Gasteiger charge is -2.30. The minimum Gasteiger partial charge on any atom is -0.491 e. The van der Waals surface area contributed by atoms with Gasteiger partial charge in [0.1, 0.15) is 10.4 Å². The molecule has 0 bridgehead atoms. The summed E-state index contributed by atoms with van der Waals surface area (Å²) in [6.07, 6.45) is 3.88. The maximum atomic E-state index is 12.5. The topological polar surface area (TPSA) is 74.7 Å². The van der Waals surface area contributed by atoms with Crippen LogP contribution in [0.4, 0.5) is 0 Å². The van der Waals surface area contributed by atoms with Crippen molar-refractivity contribution in [2.75, 3.05) is 26.2 Å². The van der Waals surface area contributed by atoms with Crippen LogP contribution in [-0.2, 0) is 13.0 Å². The number of hydrogen-bond acceptors (Lipinski definition) is 5. The van der Waals surface area contributed by atoms with Gasteiger partial charge >= 0.3 is 0 Å². The summed E-state index contributed by atoms with van der Waals surface area (Å²) in [6.45, 7) is 5.58. The average Bonchev–Trinajstić information content (AvgIpc) is 2.75. The number of pyridine rings is 1. The number of aliphatic hydroxyl groups is 1. The van der Waals surface area contributed by atoms with Crippen LogP contribution in [0, 0.1) is 0 Å². The fraction of sp³-hybridized carbons (Fsp3) is 0.455. The van der Waals surface area contributed by atoms with E-state index in [0.29, 0.717) is 35.6 Å². The van der Waals surface area contributed by atoms with Crippen LogP contribution in [0.5, 0.6) is 5.75 Å². The average molecular weight is 462 g/mol. The van der Waals surface area contributed by atoms with Gasteiger partial charge in [0.25, 0.3) is 5.91 Å². The van der Waals surface area contributed by atoms with E-state index in [2.05, 4.69) is 50.5 Å². The van der Waals surface area contributed by atoms with Gasteiger partial charge in [-0.3, -0.25) is 4.79 Å². The van der Waals surface area contributed by atoms with E-state index in [1.807, 2.05) is 6.92 Å². The minimum absolute atomic E-state index is 0.120. The van der Waals surface area contributed by atoms with Crippen molar-refractivity contribution >= 4 is 21.8 Å². The lowest BCUT2D eigenvalue weighted by Crippen LogP contribution is -2.42. The number of aromatic nitrogens is 1. The Kier molecular flexibility index (Phi) is 8.03. The number of piperidine rings is 1. The van der Waals surface area contributed by atoms with Crippen molar-refractivity contribution in [2.24, 2.45) is 0 Å². The lowest BCUT2D eigenvalue weighted by atomic mass is 10.0. The van der Waals surface area contributed by atoms with Crippen molar-refractivity contribution in [3.05, 3.63) is 57.8 Å². The van der Waals surface area contributed by atoms with Crippen molar-refractivity contribution in [3.63, 3.8) is 0 Å². The molecule has 1 fully saturated rings. The molecule has 0 radical (unpaired) electrons. The third-order valence-electron chi connectivity index (χ3n) is 5.05. The maximum absolute atomic E-state index is 12.5. The summed E-state index contributed by atoms with van der Waals surface area (Å²) in [5, 5.41) is 13.0. The highest BCUT2D eigenvalue weighted by Gasteiger charge is 2.25. The highest BCUT2D eigenvalue weighted by Crippen LogP contribution is 2.24. The van der Waals surface area contributed by atoms with E-state index in [1.165, 1.54) is 17.5 Å². The van der Waals surface area contributed by atoms with Crippen LogP contribution in [0.1, 0.15) is 41.3 Å². The van der Waals surface area contributed by atoms with Crippen LogP contribution in [0.25, 0.3) is 0 Å². The van der Waals surface area contributed by atoms with Gasteiger partial charge in [-0.05, 0) is 65.9 Å². The molecule has 2 N–H and O–H groups in total. The summed E-state index contributed by atoms with van der Waals surface area (Å²) in [5.74, 6) is 0.362. The Morgan fingerprint density at radius 3 is 2.90 bits per heavy atom. The van der Waals surface area contributed by atoms with Crippen molar-refractivity contribution in [3.8, 4) is 5.75 Å². The number of fused-ring (bicyclic) bond motifs is 1. The summed E-state index contributed by atoms with van der Waals surface area (Å²) in [4.78, 5) is 18.2. The molecule has 29 heavy (non-hydrogen) atoms. The van der Waals surface area contributed by atoms with E-state index in [0.717, 1.165) is 25.9 Å². The van der Waals surface area contributed by atoms with Crippen LogP contribution < -0.4 is 10.1 Å². The molecule has 0 spiro atoms. The Balaban J connectivity index is 0.000000200. The van der Waals surface area contributed by atoms with Crippen molar-refractivity contribution < 1.29 is 14.6 Å². The Morgan fingerprint density at radius 1 is 1.38 bits per heavy atom. The first kappa shape index (κ1) is 21.7. The summed E-state index contributed by atoms with van der Waals surface area (Å²) >= 11 is 3.26. The van der Waals surface area contributed by atoms with E-state index < -0.39 is 6.10 Å². The molecule has 2 aliphatic rings. The predicted molar refractivity (Wildman–Crippen MR) is 116 cm³/mol. The molecular formula is C22H28BrN3O3. The van der Waals surface area contributed by atoms with Crippen molar-refractivity contribution in [2.45, 2.75) is 38.8 Å². The molecule has 0 saturated carbocycles. The smallest absolute Gasteiger partial charge is 0.257 e. The summed E-state index contributed by atoms with van der Waals surface area (Å²) < 4.78 is 6.03.